The molecule has 0 saturated heterocycles. The van der Waals surface area contributed by atoms with Crippen molar-refractivity contribution in [2.75, 3.05) is 0 Å². The van der Waals surface area contributed by atoms with Gasteiger partial charge >= 0.3 is 12.4 Å². The summed E-state index contributed by atoms with van der Waals surface area (Å²) in [6.45, 7) is 0. The molecule has 0 fully saturated rings. The number of hydrogen-bond acceptors (Lipinski definition) is 1. The fourth-order valence-electron chi connectivity index (χ4n) is 2.14. The summed E-state index contributed by atoms with van der Waals surface area (Å²) < 4.78 is 78.1. The van der Waals surface area contributed by atoms with Gasteiger partial charge in [-0.2, -0.15) is 26.3 Å². The van der Waals surface area contributed by atoms with Crippen molar-refractivity contribution in [1.29, 1.82) is 0 Å². The number of alkyl halides is 6. The van der Waals surface area contributed by atoms with Crippen molar-refractivity contribution in [2.24, 2.45) is 5.73 Å². The third kappa shape index (κ3) is 3.46. The Labute approximate surface area is 126 Å². The van der Waals surface area contributed by atoms with Gasteiger partial charge in [-0.25, -0.2) is 0 Å². The molecule has 0 atom stereocenters. The highest BCUT2D eigenvalue weighted by atomic mass is 19.4. The lowest BCUT2D eigenvalue weighted by atomic mass is 9.91. The van der Waals surface area contributed by atoms with Crippen LogP contribution in [0.4, 0.5) is 26.3 Å². The summed E-state index contributed by atoms with van der Waals surface area (Å²) in [5.74, 6) is -1.37. The van der Waals surface area contributed by atoms with Gasteiger partial charge < -0.3 is 5.73 Å². The number of halogens is 6. The molecule has 0 aliphatic heterocycles. The third-order valence-electron chi connectivity index (χ3n) is 3.10. The van der Waals surface area contributed by atoms with Gasteiger partial charge in [-0.05, 0) is 17.7 Å². The smallest absolute Gasteiger partial charge is 0.366 e. The number of hydrogen-bond donors (Lipinski definition) is 1. The van der Waals surface area contributed by atoms with E-state index in [-0.39, 0.29) is 11.6 Å². The topological polar surface area (TPSA) is 43.1 Å². The first-order chi connectivity index (χ1) is 10.5. The Hall–Kier alpha value is -2.51. The zero-order valence-corrected chi connectivity index (χ0v) is 11.3. The first-order valence-electron chi connectivity index (χ1n) is 6.19. The molecule has 0 aliphatic carbocycles. The van der Waals surface area contributed by atoms with Crippen LogP contribution < -0.4 is 5.73 Å². The van der Waals surface area contributed by atoms with E-state index in [1.807, 2.05) is 0 Å². The standard InChI is InChI=1S/C15H9F6NO/c16-14(17,18)9-6-10(13(22)23)12(8-4-2-1-3-5-8)11(7-9)15(19,20)21/h1-7H,(H2,22,23). The molecule has 0 saturated carbocycles. The minimum atomic E-state index is -5.09. The van der Waals surface area contributed by atoms with Gasteiger partial charge in [0.25, 0.3) is 0 Å². The Morgan fingerprint density at radius 1 is 0.870 bits per heavy atom. The SMILES string of the molecule is NC(=O)c1cc(C(F)(F)F)cc(C(F)(F)F)c1-c1ccccc1. The molecule has 2 N–H and O–H groups in total. The van der Waals surface area contributed by atoms with Gasteiger partial charge in [0.15, 0.2) is 0 Å². The van der Waals surface area contributed by atoms with Crippen LogP contribution >= 0.6 is 0 Å². The highest BCUT2D eigenvalue weighted by Gasteiger charge is 2.40. The molecule has 8 heteroatoms. The van der Waals surface area contributed by atoms with E-state index in [9.17, 15) is 31.1 Å². The van der Waals surface area contributed by atoms with E-state index in [0.29, 0.717) is 6.07 Å². The zero-order chi connectivity index (χ0) is 17.4. The predicted octanol–water partition coefficient (Wildman–Crippen LogP) is 4.49. The van der Waals surface area contributed by atoms with Crippen LogP contribution in [0.1, 0.15) is 21.5 Å². The second-order valence-electron chi connectivity index (χ2n) is 4.67. The number of carbonyl (C=O) groups excluding carboxylic acids is 1. The number of benzene rings is 2. The quantitative estimate of drug-likeness (QED) is 0.809. The maximum absolute atomic E-state index is 13.2. The van der Waals surface area contributed by atoms with Gasteiger partial charge in [0.2, 0.25) is 5.91 Å². The minimum absolute atomic E-state index is 0.0191. The van der Waals surface area contributed by atoms with E-state index in [0.717, 1.165) is 0 Å². The van der Waals surface area contributed by atoms with Gasteiger partial charge in [0.05, 0.1) is 11.1 Å². The summed E-state index contributed by atoms with van der Waals surface area (Å²) in [6.07, 6.45) is -10.1. The van der Waals surface area contributed by atoms with Crippen LogP contribution in [0, 0.1) is 0 Å². The van der Waals surface area contributed by atoms with Crippen molar-refractivity contribution in [3.05, 3.63) is 59.2 Å². The lowest BCUT2D eigenvalue weighted by Gasteiger charge is -2.19. The minimum Gasteiger partial charge on any atom is -0.366 e. The highest BCUT2D eigenvalue weighted by Crippen LogP contribution is 2.42. The monoisotopic (exact) mass is 333 g/mol. The average molecular weight is 333 g/mol. The van der Waals surface area contributed by atoms with Crippen LogP contribution in [-0.2, 0) is 12.4 Å². The van der Waals surface area contributed by atoms with Crippen molar-refractivity contribution in [3.8, 4) is 11.1 Å². The summed E-state index contributed by atoms with van der Waals surface area (Å²) >= 11 is 0. The van der Waals surface area contributed by atoms with E-state index < -0.39 is 40.5 Å². The molecule has 0 aliphatic rings. The molecule has 23 heavy (non-hydrogen) atoms. The zero-order valence-electron chi connectivity index (χ0n) is 11.3. The molecular weight excluding hydrogens is 324 g/mol. The van der Waals surface area contributed by atoms with Gasteiger partial charge in [0, 0.05) is 11.1 Å². The molecule has 0 radical (unpaired) electrons. The Bertz CT molecular complexity index is 734. The van der Waals surface area contributed by atoms with Crippen LogP contribution in [0.2, 0.25) is 0 Å². The van der Waals surface area contributed by atoms with E-state index in [2.05, 4.69) is 0 Å². The maximum Gasteiger partial charge on any atom is 0.417 e. The Balaban J connectivity index is 2.90. The molecule has 2 rings (SSSR count). The molecular formula is C15H9F6NO. The van der Waals surface area contributed by atoms with E-state index >= 15 is 0 Å². The summed E-state index contributed by atoms with van der Waals surface area (Å²) in [5.41, 5.74) is 0.299. The van der Waals surface area contributed by atoms with E-state index in [1.54, 1.807) is 0 Å². The third-order valence-corrected chi connectivity index (χ3v) is 3.10. The maximum atomic E-state index is 13.2. The van der Waals surface area contributed by atoms with Crippen molar-refractivity contribution >= 4 is 5.91 Å². The molecule has 0 unspecified atom stereocenters. The predicted molar refractivity (Wildman–Crippen MR) is 70.4 cm³/mol. The summed E-state index contributed by atoms with van der Waals surface area (Å²) in [7, 11) is 0. The molecule has 2 nitrogen and oxygen atoms in total. The molecule has 122 valence electrons. The number of carbonyl (C=O) groups is 1. The van der Waals surface area contributed by atoms with Gasteiger partial charge in [-0.1, -0.05) is 30.3 Å². The van der Waals surface area contributed by atoms with Crippen molar-refractivity contribution < 1.29 is 31.1 Å². The Morgan fingerprint density at radius 2 is 1.43 bits per heavy atom. The number of primary amides is 1. The summed E-state index contributed by atoms with van der Waals surface area (Å²) in [6, 6.07) is 7.14. The van der Waals surface area contributed by atoms with Crippen molar-refractivity contribution in [1.82, 2.24) is 0 Å². The lowest BCUT2D eigenvalue weighted by Crippen LogP contribution is -2.19. The van der Waals surface area contributed by atoms with E-state index in [4.69, 9.17) is 5.73 Å². The average Bonchev–Trinajstić information content (AvgIpc) is 2.44. The summed E-state index contributed by atoms with van der Waals surface area (Å²) in [5, 5.41) is 0. The number of amides is 1. The lowest BCUT2D eigenvalue weighted by molar-refractivity contribution is -0.142. The molecule has 2 aromatic carbocycles. The van der Waals surface area contributed by atoms with Gasteiger partial charge in [-0.3, -0.25) is 4.79 Å². The first-order valence-corrected chi connectivity index (χ1v) is 6.19. The summed E-state index contributed by atoms with van der Waals surface area (Å²) in [4.78, 5) is 11.4. The molecule has 1 amide bonds. The largest absolute Gasteiger partial charge is 0.417 e. The van der Waals surface area contributed by atoms with Crippen LogP contribution in [0.5, 0.6) is 0 Å². The molecule has 0 spiro atoms. The molecule has 0 heterocycles. The second kappa shape index (κ2) is 5.60. The normalized spacial score (nSPS) is 12.3. The van der Waals surface area contributed by atoms with Crippen molar-refractivity contribution in [3.63, 3.8) is 0 Å². The highest BCUT2D eigenvalue weighted by molar-refractivity contribution is 6.01. The van der Waals surface area contributed by atoms with Crippen LogP contribution in [0.3, 0.4) is 0 Å². The first kappa shape index (κ1) is 16.9. The van der Waals surface area contributed by atoms with Gasteiger partial charge in [-0.15, -0.1) is 0 Å². The van der Waals surface area contributed by atoms with Crippen LogP contribution in [0.25, 0.3) is 11.1 Å². The molecule has 0 bridgehead atoms. The molecule has 0 aromatic heterocycles. The second-order valence-corrected chi connectivity index (χ2v) is 4.67. The molecule has 2 aromatic rings. The van der Waals surface area contributed by atoms with Gasteiger partial charge in [0.1, 0.15) is 0 Å². The van der Waals surface area contributed by atoms with Crippen molar-refractivity contribution in [2.45, 2.75) is 12.4 Å². The number of nitrogens with two attached hydrogens (primary N) is 1. The number of rotatable bonds is 2. The van der Waals surface area contributed by atoms with Crippen LogP contribution in [-0.4, -0.2) is 5.91 Å². The fourth-order valence-corrected chi connectivity index (χ4v) is 2.14. The van der Waals surface area contributed by atoms with E-state index in [1.165, 1.54) is 30.3 Å². The fraction of sp³-hybridized carbons (Fsp3) is 0.133. The Kier molecular flexibility index (Phi) is 4.10. The van der Waals surface area contributed by atoms with Crippen LogP contribution in [0.15, 0.2) is 42.5 Å². The Morgan fingerprint density at radius 3 is 1.87 bits per heavy atom.